The van der Waals surface area contributed by atoms with Crippen LogP contribution in [0.4, 0.5) is 25.3 Å². The minimum absolute atomic E-state index is 0.0604. The molecule has 4 rings (SSSR count). The number of nitrogens with zero attached hydrogens (tertiary/aromatic N) is 5. The van der Waals surface area contributed by atoms with Crippen molar-refractivity contribution in [2.75, 3.05) is 16.8 Å². The molecule has 8 nitrogen and oxygen atoms in total. The molecule has 1 N–H and O–H groups in total. The molecule has 0 unspecified atom stereocenters. The van der Waals surface area contributed by atoms with Crippen LogP contribution in [0.5, 0.6) is 0 Å². The van der Waals surface area contributed by atoms with Gasteiger partial charge in [0.05, 0.1) is 28.9 Å². The first kappa shape index (κ1) is 25.4. The first-order valence-corrected chi connectivity index (χ1v) is 11.9. The molecule has 1 aliphatic heterocycles. The van der Waals surface area contributed by atoms with Crippen molar-refractivity contribution in [2.45, 2.75) is 64.5 Å². The molecule has 0 aliphatic carbocycles. The summed E-state index contributed by atoms with van der Waals surface area (Å²) in [4.78, 5) is 31.2. The predicted molar refractivity (Wildman–Crippen MR) is 133 cm³/mol. The number of halogens is 2. The largest absolute Gasteiger partial charge is 0.447 e. The summed E-state index contributed by atoms with van der Waals surface area (Å²) in [7, 11) is 0. The van der Waals surface area contributed by atoms with E-state index in [1.165, 1.54) is 13.8 Å². The number of carbonyl (C=O) groups excluding carboxylic acids is 1. The molecule has 0 bridgehead atoms. The summed E-state index contributed by atoms with van der Waals surface area (Å²) in [6.45, 7) is 8.13. The molecule has 1 aliphatic rings. The number of nitrogens with one attached hydrogen (secondary N) is 1. The summed E-state index contributed by atoms with van der Waals surface area (Å²) in [6, 6.07) is 8.60. The first-order valence-electron chi connectivity index (χ1n) is 11.9. The number of ether oxygens (including phenoxy) is 1. The molecule has 1 fully saturated rings. The van der Waals surface area contributed by atoms with Gasteiger partial charge in [0.1, 0.15) is 12.4 Å². The standard InChI is InChI=1S/C26H30F2N6O2/c1-6-19-15-36-24(35)34(19)22-10-12-30-23(33-22)32-16(2)20-8-7-18(14-31-20)17-9-11-29-21(13-17)25(3,4)26(5,27)28/h7-14,16,19H,6,15H2,1-5H3,(H,30,32,33)/t16-,19-/m0/s1. The van der Waals surface area contributed by atoms with Crippen molar-refractivity contribution in [1.29, 1.82) is 0 Å². The Morgan fingerprint density at radius 2 is 1.86 bits per heavy atom. The number of aromatic nitrogens is 4. The number of rotatable bonds is 8. The number of pyridine rings is 2. The number of hydrogen-bond acceptors (Lipinski definition) is 7. The lowest BCUT2D eigenvalue weighted by Gasteiger charge is -2.31. The minimum atomic E-state index is -2.92. The topological polar surface area (TPSA) is 93.1 Å². The van der Waals surface area contributed by atoms with Gasteiger partial charge in [-0.05, 0) is 57.0 Å². The summed E-state index contributed by atoms with van der Waals surface area (Å²) in [5.41, 5.74) is 1.20. The summed E-state index contributed by atoms with van der Waals surface area (Å²) >= 11 is 0. The fraction of sp³-hybridized carbons (Fsp3) is 0.423. The van der Waals surface area contributed by atoms with Crippen molar-refractivity contribution in [1.82, 2.24) is 19.9 Å². The van der Waals surface area contributed by atoms with Crippen LogP contribution in [-0.2, 0) is 10.2 Å². The highest BCUT2D eigenvalue weighted by molar-refractivity contribution is 5.89. The van der Waals surface area contributed by atoms with Crippen LogP contribution in [0.2, 0.25) is 0 Å². The summed E-state index contributed by atoms with van der Waals surface area (Å²) in [5, 5.41) is 3.22. The molecule has 190 valence electrons. The van der Waals surface area contributed by atoms with Crippen molar-refractivity contribution in [2.24, 2.45) is 0 Å². The second kappa shape index (κ2) is 9.75. The number of anilines is 2. The zero-order chi connectivity index (χ0) is 26.1. The van der Waals surface area contributed by atoms with Gasteiger partial charge in [-0.3, -0.25) is 14.9 Å². The van der Waals surface area contributed by atoms with Gasteiger partial charge in [0, 0.05) is 31.1 Å². The number of carbonyl (C=O) groups is 1. The van der Waals surface area contributed by atoms with Gasteiger partial charge in [0.15, 0.2) is 0 Å². The van der Waals surface area contributed by atoms with Gasteiger partial charge in [-0.25, -0.2) is 18.6 Å². The second-order valence-corrected chi connectivity index (χ2v) is 9.53. The van der Waals surface area contributed by atoms with Gasteiger partial charge in [0.2, 0.25) is 5.95 Å². The molecule has 1 amide bonds. The summed E-state index contributed by atoms with van der Waals surface area (Å²) < 4.78 is 33.4. The molecule has 0 spiro atoms. The van der Waals surface area contributed by atoms with Crippen molar-refractivity contribution in [3.05, 3.63) is 60.3 Å². The van der Waals surface area contributed by atoms with Crippen LogP contribution in [0, 0.1) is 0 Å². The zero-order valence-corrected chi connectivity index (χ0v) is 21.0. The van der Waals surface area contributed by atoms with E-state index < -0.39 is 17.4 Å². The Kier molecular flexibility index (Phi) is 6.88. The minimum Gasteiger partial charge on any atom is -0.447 e. The molecule has 4 heterocycles. The second-order valence-electron chi connectivity index (χ2n) is 9.53. The fourth-order valence-corrected chi connectivity index (χ4v) is 3.87. The molecule has 1 saturated heterocycles. The maximum absolute atomic E-state index is 14.1. The van der Waals surface area contributed by atoms with E-state index in [0.717, 1.165) is 30.2 Å². The number of hydrogen-bond donors (Lipinski definition) is 1. The van der Waals surface area contributed by atoms with Crippen LogP contribution >= 0.6 is 0 Å². The van der Waals surface area contributed by atoms with Crippen LogP contribution in [0.25, 0.3) is 11.1 Å². The van der Waals surface area contributed by atoms with Crippen LogP contribution in [0.15, 0.2) is 48.9 Å². The van der Waals surface area contributed by atoms with E-state index in [1.54, 1.807) is 41.7 Å². The smallest absolute Gasteiger partial charge is 0.415 e. The zero-order valence-electron chi connectivity index (χ0n) is 21.0. The highest BCUT2D eigenvalue weighted by Gasteiger charge is 2.44. The van der Waals surface area contributed by atoms with Crippen molar-refractivity contribution < 1.29 is 18.3 Å². The predicted octanol–water partition coefficient (Wildman–Crippen LogP) is 5.77. The lowest BCUT2D eigenvalue weighted by Crippen LogP contribution is -2.38. The summed E-state index contributed by atoms with van der Waals surface area (Å²) in [6.07, 6.45) is 5.17. The van der Waals surface area contributed by atoms with E-state index in [9.17, 15) is 13.6 Å². The third-order valence-electron chi connectivity index (χ3n) is 6.73. The lowest BCUT2D eigenvalue weighted by molar-refractivity contribution is -0.0484. The van der Waals surface area contributed by atoms with Crippen LogP contribution in [0.3, 0.4) is 0 Å². The molecule has 0 radical (unpaired) electrons. The van der Waals surface area contributed by atoms with E-state index in [0.29, 0.717) is 24.1 Å². The first-order chi connectivity index (χ1) is 17.0. The Labute approximate surface area is 209 Å². The quantitative estimate of drug-likeness (QED) is 0.423. The van der Waals surface area contributed by atoms with Crippen molar-refractivity contribution in [3.8, 4) is 11.1 Å². The Morgan fingerprint density at radius 3 is 2.53 bits per heavy atom. The Morgan fingerprint density at radius 1 is 1.11 bits per heavy atom. The van der Waals surface area contributed by atoms with Crippen LogP contribution in [0.1, 0.15) is 58.5 Å². The molecule has 3 aromatic rings. The molecule has 3 aromatic heterocycles. The molecular weight excluding hydrogens is 466 g/mol. The highest BCUT2D eigenvalue weighted by Crippen LogP contribution is 2.39. The summed E-state index contributed by atoms with van der Waals surface area (Å²) in [5.74, 6) is -2.08. The molecule has 0 saturated carbocycles. The van der Waals surface area contributed by atoms with Gasteiger partial charge in [-0.1, -0.05) is 13.0 Å². The van der Waals surface area contributed by atoms with E-state index in [4.69, 9.17) is 4.74 Å². The average Bonchev–Trinajstić information content (AvgIpc) is 3.24. The highest BCUT2D eigenvalue weighted by atomic mass is 19.3. The Bertz CT molecular complexity index is 1230. The van der Waals surface area contributed by atoms with Crippen LogP contribution < -0.4 is 10.2 Å². The van der Waals surface area contributed by atoms with Crippen LogP contribution in [-0.4, -0.2) is 44.6 Å². The SMILES string of the molecule is CC[C@H]1COC(=O)N1c1ccnc(N[C@@H](C)c2ccc(-c3ccnc(C(C)(C)C(C)(F)F)c3)cn2)n1. The molecule has 2 atom stereocenters. The van der Waals surface area contributed by atoms with Gasteiger partial charge in [-0.2, -0.15) is 4.98 Å². The third-order valence-corrected chi connectivity index (χ3v) is 6.73. The average molecular weight is 497 g/mol. The number of amides is 1. The van der Waals surface area contributed by atoms with Gasteiger partial charge in [-0.15, -0.1) is 0 Å². The lowest BCUT2D eigenvalue weighted by atomic mass is 9.82. The number of alkyl halides is 2. The molecule has 10 heteroatoms. The molecular formula is C26H30F2N6O2. The van der Waals surface area contributed by atoms with E-state index >= 15 is 0 Å². The maximum Gasteiger partial charge on any atom is 0.415 e. The van der Waals surface area contributed by atoms with Gasteiger partial charge >= 0.3 is 6.09 Å². The van der Waals surface area contributed by atoms with Crippen molar-refractivity contribution in [3.63, 3.8) is 0 Å². The van der Waals surface area contributed by atoms with E-state index in [1.807, 2.05) is 26.0 Å². The third kappa shape index (κ3) is 4.98. The van der Waals surface area contributed by atoms with Gasteiger partial charge < -0.3 is 10.1 Å². The van der Waals surface area contributed by atoms with E-state index in [-0.39, 0.29) is 12.1 Å². The maximum atomic E-state index is 14.1. The van der Waals surface area contributed by atoms with Gasteiger partial charge in [0.25, 0.3) is 5.92 Å². The molecule has 36 heavy (non-hydrogen) atoms. The number of cyclic esters (lactones) is 1. The monoisotopic (exact) mass is 496 g/mol. The Balaban J connectivity index is 1.50. The fourth-order valence-electron chi connectivity index (χ4n) is 3.87. The Hall–Kier alpha value is -3.69. The van der Waals surface area contributed by atoms with Crippen molar-refractivity contribution >= 4 is 17.9 Å². The van der Waals surface area contributed by atoms with E-state index in [2.05, 4.69) is 25.3 Å². The normalized spacial score (nSPS) is 17.1. The molecule has 0 aromatic carbocycles.